The second kappa shape index (κ2) is 11.9. The minimum atomic E-state index is -4.57. The van der Waals surface area contributed by atoms with Crippen LogP contribution in [0.15, 0.2) is 43.0 Å². The fourth-order valence-electron chi connectivity index (χ4n) is 4.60. The lowest BCUT2D eigenvalue weighted by atomic mass is 10.1. The highest BCUT2D eigenvalue weighted by molar-refractivity contribution is 6.36. The van der Waals surface area contributed by atoms with E-state index in [1.807, 2.05) is 7.05 Å². The Balaban J connectivity index is 1.41. The predicted octanol–water partition coefficient (Wildman–Crippen LogP) is 5.02. The third kappa shape index (κ3) is 6.14. The molecular formula is C27H29ClF3N9O2. The number of nitrogens with two attached hydrogens (primary N) is 1. The van der Waals surface area contributed by atoms with Crippen LogP contribution in [0.4, 0.5) is 30.6 Å². The van der Waals surface area contributed by atoms with E-state index in [-0.39, 0.29) is 52.2 Å². The number of nitrogens with zero attached hydrogens (tertiary/aromatic N) is 6. The lowest BCUT2D eigenvalue weighted by molar-refractivity contribution is -0.137. The van der Waals surface area contributed by atoms with Crippen LogP contribution in [0.2, 0.25) is 5.02 Å². The Morgan fingerprint density at radius 2 is 1.98 bits per heavy atom. The number of imidazole rings is 1. The number of fused-ring (bicyclic) bond motifs is 1. The van der Waals surface area contributed by atoms with Crippen LogP contribution in [0, 0.1) is 0 Å². The average molecular weight is 604 g/mol. The Labute approximate surface area is 244 Å². The zero-order valence-corrected chi connectivity index (χ0v) is 23.8. The second-order valence-corrected chi connectivity index (χ2v) is 10.1. The van der Waals surface area contributed by atoms with E-state index in [4.69, 9.17) is 26.8 Å². The van der Waals surface area contributed by atoms with E-state index in [1.54, 1.807) is 18.7 Å². The Bertz CT molecular complexity index is 1610. The molecule has 11 nitrogen and oxygen atoms in total. The van der Waals surface area contributed by atoms with Crippen molar-refractivity contribution in [3.05, 3.63) is 59.3 Å². The lowest BCUT2D eigenvalue weighted by Crippen LogP contribution is -2.30. The van der Waals surface area contributed by atoms with Gasteiger partial charge in [0.1, 0.15) is 34.4 Å². The number of halogens is 4. The number of likely N-dealkylation sites (N-methyl/N-ethyl adjacent to an activating group) is 1. The van der Waals surface area contributed by atoms with Gasteiger partial charge >= 0.3 is 6.18 Å². The zero-order valence-electron chi connectivity index (χ0n) is 23.0. The summed E-state index contributed by atoms with van der Waals surface area (Å²) in [6.07, 6.45) is 2.97. The molecule has 0 saturated carbocycles. The number of aryl methyl sites for hydroxylation is 1. The summed E-state index contributed by atoms with van der Waals surface area (Å²) in [4.78, 5) is 19.4. The quantitative estimate of drug-likeness (QED) is 0.224. The van der Waals surface area contributed by atoms with Crippen molar-refractivity contribution in [1.29, 1.82) is 0 Å². The molecule has 222 valence electrons. The molecule has 1 aliphatic heterocycles. The molecule has 4 heterocycles. The smallest absolute Gasteiger partial charge is 0.416 e. The van der Waals surface area contributed by atoms with E-state index in [0.717, 1.165) is 31.5 Å². The van der Waals surface area contributed by atoms with Gasteiger partial charge in [0.25, 0.3) is 0 Å². The van der Waals surface area contributed by atoms with Gasteiger partial charge in [-0.2, -0.15) is 18.2 Å². The summed E-state index contributed by atoms with van der Waals surface area (Å²) in [5.74, 6) is 1.23. The molecule has 0 spiro atoms. The summed E-state index contributed by atoms with van der Waals surface area (Å²) in [5, 5.41) is 5.99. The molecule has 1 aromatic carbocycles. The van der Waals surface area contributed by atoms with Gasteiger partial charge < -0.3 is 35.3 Å². The predicted molar refractivity (Wildman–Crippen MR) is 154 cm³/mol. The zero-order chi connectivity index (χ0) is 30.0. The number of rotatable bonds is 9. The highest BCUT2D eigenvalue weighted by atomic mass is 35.5. The van der Waals surface area contributed by atoms with E-state index in [0.29, 0.717) is 17.0 Å². The van der Waals surface area contributed by atoms with Crippen LogP contribution in [-0.4, -0.2) is 62.7 Å². The Morgan fingerprint density at radius 3 is 2.62 bits per heavy atom. The van der Waals surface area contributed by atoms with Gasteiger partial charge in [-0.05, 0) is 38.6 Å². The van der Waals surface area contributed by atoms with Crippen LogP contribution in [0.5, 0.6) is 11.5 Å². The first-order valence-electron chi connectivity index (χ1n) is 13.0. The van der Waals surface area contributed by atoms with Gasteiger partial charge in [0.2, 0.25) is 5.95 Å². The van der Waals surface area contributed by atoms with Gasteiger partial charge in [-0.15, -0.1) is 0 Å². The third-order valence-electron chi connectivity index (χ3n) is 6.94. The molecule has 4 N–H and O–H groups in total. The van der Waals surface area contributed by atoms with Gasteiger partial charge in [-0.25, -0.2) is 15.0 Å². The molecule has 1 saturated heterocycles. The Kier molecular flexibility index (Phi) is 8.27. The molecule has 0 amide bonds. The number of benzene rings is 1. The molecule has 4 aromatic rings. The van der Waals surface area contributed by atoms with E-state index in [1.165, 1.54) is 30.9 Å². The molecule has 0 unspecified atom stereocenters. The fourth-order valence-corrected chi connectivity index (χ4v) is 4.90. The summed E-state index contributed by atoms with van der Waals surface area (Å²) in [6.45, 7) is 1.22. The molecule has 1 fully saturated rings. The van der Waals surface area contributed by atoms with Gasteiger partial charge in [-0.1, -0.05) is 11.6 Å². The van der Waals surface area contributed by atoms with Gasteiger partial charge in [0.15, 0.2) is 17.2 Å². The number of ether oxygens (including phenoxy) is 2. The fraction of sp³-hybridized carbons (Fsp3) is 0.333. The van der Waals surface area contributed by atoms with Crippen molar-refractivity contribution in [2.75, 3.05) is 37.9 Å². The summed E-state index contributed by atoms with van der Waals surface area (Å²) < 4.78 is 54.5. The molecule has 42 heavy (non-hydrogen) atoms. The van der Waals surface area contributed by atoms with Crippen molar-refractivity contribution < 1.29 is 22.6 Å². The molecule has 15 heteroatoms. The first kappa shape index (κ1) is 29.2. The van der Waals surface area contributed by atoms with E-state index in [2.05, 4.69) is 35.5 Å². The van der Waals surface area contributed by atoms with Gasteiger partial charge in [0.05, 0.1) is 24.2 Å². The van der Waals surface area contributed by atoms with Crippen LogP contribution < -0.4 is 25.8 Å². The molecule has 0 bridgehead atoms. The van der Waals surface area contributed by atoms with E-state index >= 15 is 0 Å². The molecule has 0 radical (unpaired) electrons. The van der Waals surface area contributed by atoms with E-state index in [9.17, 15) is 13.2 Å². The molecule has 3 aromatic heterocycles. The maximum absolute atomic E-state index is 13.7. The van der Waals surface area contributed by atoms with E-state index < -0.39 is 11.7 Å². The number of nitrogens with one attached hydrogen (secondary N) is 2. The van der Waals surface area contributed by atoms with Crippen LogP contribution >= 0.6 is 11.6 Å². The maximum atomic E-state index is 13.7. The Morgan fingerprint density at radius 1 is 1.17 bits per heavy atom. The Hall–Kier alpha value is -4.30. The van der Waals surface area contributed by atoms with Crippen molar-refractivity contribution in [3.8, 4) is 11.5 Å². The second-order valence-electron chi connectivity index (χ2n) is 9.73. The van der Waals surface area contributed by atoms with Crippen LogP contribution in [0.25, 0.3) is 16.9 Å². The minimum absolute atomic E-state index is 0.102. The number of hydrogen-bond donors (Lipinski definition) is 3. The number of likely N-dealkylation sites (tertiary alicyclic amines) is 1. The van der Waals surface area contributed by atoms with Crippen LogP contribution in [0.1, 0.15) is 24.1 Å². The van der Waals surface area contributed by atoms with Gasteiger partial charge in [-0.3, -0.25) is 0 Å². The number of aromatic nitrogens is 5. The summed E-state index contributed by atoms with van der Waals surface area (Å²) >= 11 is 6.68. The topological polar surface area (TPSA) is 128 Å². The van der Waals surface area contributed by atoms with Crippen molar-refractivity contribution in [1.82, 2.24) is 29.4 Å². The normalized spacial score (nSPS) is 16.2. The summed E-state index contributed by atoms with van der Waals surface area (Å²) in [6, 6.07) is 3.65. The SMILES string of the molecule is CNc1cnc(C(=CN)Oc2cnc3nc(Nc4cc(OC[C@H]5CCCN5C)cc(C(F)(F)F)c4)n(C)c3c2Cl)cn1. The molecule has 1 atom stereocenters. The molecule has 0 aliphatic carbocycles. The summed E-state index contributed by atoms with van der Waals surface area (Å²) in [5.41, 5.74) is 6.07. The van der Waals surface area contributed by atoms with Crippen molar-refractivity contribution in [2.24, 2.45) is 12.8 Å². The first-order chi connectivity index (χ1) is 20.1. The molecule has 1 aliphatic rings. The van der Waals surface area contributed by atoms with Crippen LogP contribution in [0.3, 0.4) is 0 Å². The van der Waals surface area contributed by atoms with Crippen molar-refractivity contribution >= 4 is 46.0 Å². The minimum Gasteiger partial charge on any atom is -0.492 e. The van der Waals surface area contributed by atoms with Crippen molar-refractivity contribution in [2.45, 2.75) is 25.1 Å². The first-order valence-corrected chi connectivity index (χ1v) is 13.4. The number of hydrogen-bond acceptors (Lipinski definition) is 10. The average Bonchev–Trinajstić information content (AvgIpc) is 3.53. The largest absolute Gasteiger partial charge is 0.492 e. The highest BCUT2D eigenvalue weighted by Gasteiger charge is 2.32. The highest BCUT2D eigenvalue weighted by Crippen LogP contribution is 2.37. The number of alkyl halides is 3. The standard InChI is InChI=1S/C27H29ClF3N9O2/c1-33-22-13-34-19(11-35-22)20(10-32)42-21-12-36-25-24(23(21)28)40(3)26(38-25)37-16-7-15(27(29,30)31)8-18(9-16)41-14-17-5-4-6-39(17)2/h7-13,17H,4-6,14,32H2,1-3H3,(H,33,35)(H,36,37,38)/t17-/m1/s1. The molecular weight excluding hydrogens is 575 g/mol. The summed E-state index contributed by atoms with van der Waals surface area (Å²) in [7, 11) is 5.34. The monoisotopic (exact) mass is 603 g/mol. The number of pyridine rings is 1. The third-order valence-corrected chi connectivity index (χ3v) is 7.31. The van der Waals surface area contributed by atoms with Crippen LogP contribution in [-0.2, 0) is 13.2 Å². The lowest BCUT2D eigenvalue weighted by Gasteiger charge is -2.20. The van der Waals surface area contributed by atoms with Gasteiger partial charge in [0, 0.05) is 38.1 Å². The molecule has 5 rings (SSSR count). The number of anilines is 3. The maximum Gasteiger partial charge on any atom is 0.416 e. The van der Waals surface area contributed by atoms with Crippen molar-refractivity contribution in [3.63, 3.8) is 0 Å².